The number of benzene rings is 1. The Kier molecular flexibility index (Phi) is 3.79. The summed E-state index contributed by atoms with van der Waals surface area (Å²) >= 11 is 1.61. The van der Waals surface area contributed by atoms with Gasteiger partial charge in [0.05, 0.1) is 5.75 Å². The number of hydrogen-bond acceptors (Lipinski definition) is 5. The smallest absolute Gasteiger partial charge is 0.287 e. The van der Waals surface area contributed by atoms with E-state index in [1.807, 2.05) is 35.8 Å². The molecule has 17 heavy (non-hydrogen) atoms. The molecule has 0 aliphatic heterocycles. The number of amides is 1. The van der Waals surface area contributed by atoms with E-state index in [9.17, 15) is 4.79 Å². The monoisotopic (exact) mass is 249 g/mol. The molecule has 3 N–H and O–H groups in total. The van der Waals surface area contributed by atoms with E-state index in [4.69, 9.17) is 10.4 Å². The maximum absolute atomic E-state index is 11.1. The summed E-state index contributed by atoms with van der Waals surface area (Å²) in [7, 11) is 0. The minimum absolute atomic E-state index is 0.191. The molecular formula is C11H11N3O2S. The van der Waals surface area contributed by atoms with Crippen LogP contribution < -0.4 is 11.3 Å². The molecule has 0 radical (unpaired) electrons. The molecule has 88 valence electrons. The second-order valence-electron chi connectivity index (χ2n) is 3.25. The summed E-state index contributed by atoms with van der Waals surface area (Å²) in [5.74, 6) is 5.79. The molecular weight excluding hydrogens is 238 g/mol. The normalized spacial score (nSPS) is 10.2. The van der Waals surface area contributed by atoms with Crippen LogP contribution in [0, 0.1) is 0 Å². The first-order chi connectivity index (χ1) is 8.29. The average Bonchev–Trinajstić information content (AvgIpc) is 2.85. The fraction of sp³-hybridized carbons (Fsp3) is 0.0909. The zero-order valence-electron chi connectivity index (χ0n) is 8.92. The van der Waals surface area contributed by atoms with E-state index in [2.05, 4.69) is 5.16 Å². The van der Waals surface area contributed by atoms with Gasteiger partial charge in [0.1, 0.15) is 5.76 Å². The third-order valence-corrected chi connectivity index (χ3v) is 3.08. The zero-order chi connectivity index (χ0) is 12.1. The van der Waals surface area contributed by atoms with Crippen molar-refractivity contribution in [3.63, 3.8) is 0 Å². The van der Waals surface area contributed by atoms with Gasteiger partial charge in [0, 0.05) is 11.0 Å². The van der Waals surface area contributed by atoms with Crippen LogP contribution in [0.5, 0.6) is 0 Å². The lowest BCUT2D eigenvalue weighted by atomic mass is 10.4. The Morgan fingerprint density at radius 2 is 2.18 bits per heavy atom. The molecule has 0 fully saturated rings. The highest BCUT2D eigenvalue weighted by molar-refractivity contribution is 7.98. The predicted molar refractivity (Wildman–Crippen MR) is 64.2 cm³/mol. The minimum Gasteiger partial charge on any atom is -0.360 e. The van der Waals surface area contributed by atoms with Crippen molar-refractivity contribution in [2.45, 2.75) is 10.6 Å². The molecule has 0 saturated heterocycles. The largest absolute Gasteiger partial charge is 0.360 e. The van der Waals surface area contributed by atoms with Crippen LogP contribution in [0.3, 0.4) is 0 Å². The molecule has 0 atom stereocenters. The number of carbonyl (C=O) groups is 1. The van der Waals surface area contributed by atoms with Crippen molar-refractivity contribution in [3.05, 3.63) is 47.9 Å². The summed E-state index contributed by atoms with van der Waals surface area (Å²) in [5.41, 5.74) is 2.19. The number of hydrazine groups is 1. The summed E-state index contributed by atoms with van der Waals surface area (Å²) in [5, 5.41) is 3.62. The van der Waals surface area contributed by atoms with Gasteiger partial charge in [-0.1, -0.05) is 23.4 Å². The van der Waals surface area contributed by atoms with Gasteiger partial charge >= 0.3 is 0 Å². The van der Waals surface area contributed by atoms with Gasteiger partial charge in [-0.3, -0.25) is 10.2 Å². The van der Waals surface area contributed by atoms with E-state index in [0.29, 0.717) is 11.5 Å². The third-order valence-electron chi connectivity index (χ3n) is 2.05. The highest BCUT2D eigenvalue weighted by Gasteiger charge is 2.10. The Morgan fingerprint density at radius 3 is 2.88 bits per heavy atom. The van der Waals surface area contributed by atoms with Crippen LogP contribution in [0.2, 0.25) is 0 Å². The number of rotatable bonds is 4. The topological polar surface area (TPSA) is 81.1 Å². The summed E-state index contributed by atoms with van der Waals surface area (Å²) in [4.78, 5) is 12.3. The van der Waals surface area contributed by atoms with Crippen molar-refractivity contribution in [2.24, 2.45) is 5.84 Å². The molecule has 0 unspecified atom stereocenters. The van der Waals surface area contributed by atoms with Crippen molar-refractivity contribution in [3.8, 4) is 0 Å². The van der Waals surface area contributed by atoms with Gasteiger partial charge in [0.25, 0.3) is 5.91 Å². The van der Waals surface area contributed by atoms with Crippen LogP contribution in [0.15, 0.2) is 45.8 Å². The fourth-order valence-corrected chi connectivity index (χ4v) is 2.03. The van der Waals surface area contributed by atoms with E-state index >= 15 is 0 Å². The highest BCUT2D eigenvalue weighted by Crippen LogP contribution is 2.22. The first-order valence-electron chi connectivity index (χ1n) is 4.94. The lowest BCUT2D eigenvalue weighted by molar-refractivity contribution is 0.0944. The summed E-state index contributed by atoms with van der Waals surface area (Å²) in [6.45, 7) is 0. The Hall–Kier alpha value is -1.79. The first kappa shape index (κ1) is 11.7. The maximum atomic E-state index is 11.1. The van der Waals surface area contributed by atoms with E-state index in [0.717, 1.165) is 4.90 Å². The second kappa shape index (κ2) is 5.51. The molecule has 2 aromatic rings. The van der Waals surface area contributed by atoms with Gasteiger partial charge in [-0.2, -0.15) is 0 Å². The van der Waals surface area contributed by atoms with E-state index in [-0.39, 0.29) is 5.69 Å². The van der Waals surface area contributed by atoms with Gasteiger partial charge in [-0.25, -0.2) is 5.84 Å². The number of nitrogen functional groups attached to an aromatic ring is 1. The van der Waals surface area contributed by atoms with E-state index in [1.54, 1.807) is 17.8 Å². The molecule has 0 aliphatic rings. The Bertz CT molecular complexity index is 498. The van der Waals surface area contributed by atoms with Crippen LogP contribution >= 0.6 is 11.8 Å². The number of carbonyl (C=O) groups excluding carboxylic acids is 1. The number of nitrogens with zero attached hydrogens (tertiary/aromatic N) is 1. The van der Waals surface area contributed by atoms with Gasteiger partial charge in [0.15, 0.2) is 5.69 Å². The van der Waals surface area contributed by atoms with Crippen molar-refractivity contribution in [1.82, 2.24) is 10.6 Å². The molecule has 1 aromatic carbocycles. The summed E-state index contributed by atoms with van der Waals surface area (Å²) in [6, 6.07) is 11.5. The number of nitrogens with two attached hydrogens (primary N) is 1. The number of aromatic nitrogens is 1. The first-order valence-corrected chi connectivity index (χ1v) is 5.92. The molecule has 0 aliphatic carbocycles. The van der Waals surface area contributed by atoms with Gasteiger partial charge < -0.3 is 4.52 Å². The standard InChI is InChI=1S/C11H11N3O2S/c12-13-11(15)10-6-8(16-14-10)7-17-9-4-2-1-3-5-9/h1-6H,7,12H2,(H,13,15). The average molecular weight is 249 g/mol. The Labute approximate surface area is 102 Å². The van der Waals surface area contributed by atoms with Crippen molar-refractivity contribution in [1.29, 1.82) is 0 Å². The van der Waals surface area contributed by atoms with Crippen LogP contribution in [-0.2, 0) is 5.75 Å². The van der Waals surface area contributed by atoms with Crippen LogP contribution in [0.25, 0.3) is 0 Å². The van der Waals surface area contributed by atoms with Gasteiger partial charge in [-0.05, 0) is 12.1 Å². The SMILES string of the molecule is NNC(=O)c1cc(CSc2ccccc2)on1. The van der Waals surface area contributed by atoms with Crippen molar-refractivity contribution >= 4 is 17.7 Å². The summed E-state index contributed by atoms with van der Waals surface area (Å²) in [6.07, 6.45) is 0. The zero-order valence-corrected chi connectivity index (χ0v) is 9.74. The Balaban J connectivity index is 1.96. The van der Waals surface area contributed by atoms with Gasteiger partial charge in [0.2, 0.25) is 0 Å². The minimum atomic E-state index is -0.454. The second-order valence-corrected chi connectivity index (χ2v) is 4.30. The lowest BCUT2D eigenvalue weighted by Crippen LogP contribution is -2.30. The molecule has 0 saturated carbocycles. The van der Waals surface area contributed by atoms with Crippen LogP contribution in [0.4, 0.5) is 0 Å². The van der Waals surface area contributed by atoms with Crippen molar-refractivity contribution < 1.29 is 9.32 Å². The number of thioether (sulfide) groups is 1. The molecule has 2 rings (SSSR count). The quantitative estimate of drug-likeness (QED) is 0.372. The fourth-order valence-electron chi connectivity index (χ4n) is 1.23. The predicted octanol–water partition coefficient (Wildman–Crippen LogP) is 1.57. The molecule has 1 aromatic heterocycles. The van der Waals surface area contributed by atoms with Crippen molar-refractivity contribution in [2.75, 3.05) is 0 Å². The summed E-state index contributed by atoms with van der Waals surface area (Å²) < 4.78 is 5.02. The maximum Gasteiger partial charge on any atom is 0.287 e. The third kappa shape index (κ3) is 3.08. The number of nitrogens with one attached hydrogen (secondary N) is 1. The van der Waals surface area contributed by atoms with Crippen LogP contribution in [0.1, 0.15) is 16.2 Å². The molecule has 1 amide bonds. The molecule has 5 nitrogen and oxygen atoms in total. The van der Waals surface area contributed by atoms with Gasteiger partial charge in [-0.15, -0.1) is 11.8 Å². The number of hydrogen-bond donors (Lipinski definition) is 2. The Morgan fingerprint density at radius 1 is 1.41 bits per heavy atom. The molecule has 6 heteroatoms. The van der Waals surface area contributed by atoms with E-state index in [1.165, 1.54) is 0 Å². The molecule has 1 heterocycles. The van der Waals surface area contributed by atoms with Crippen LogP contribution in [-0.4, -0.2) is 11.1 Å². The highest BCUT2D eigenvalue weighted by atomic mass is 32.2. The molecule has 0 bridgehead atoms. The lowest BCUT2D eigenvalue weighted by Gasteiger charge is -1.96. The molecule has 0 spiro atoms. The van der Waals surface area contributed by atoms with E-state index < -0.39 is 5.91 Å².